The standard InChI is InChI=1S/C16H26P2/c1-7-10-18(11-8-2)12-9-16(6)14(4)13(3)15(5)17-16/h7-8H,1-2,9-12H2,3-6H3. The summed E-state index contributed by atoms with van der Waals surface area (Å²) in [5, 5.41) is 1.95. The molecule has 1 aliphatic rings. The highest BCUT2D eigenvalue weighted by molar-refractivity contribution is 7.58. The van der Waals surface area contributed by atoms with E-state index < -0.39 is 0 Å². The molecule has 0 spiro atoms. The maximum absolute atomic E-state index is 3.89. The molecule has 1 rings (SSSR count). The fourth-order valence-electron chi connectivity index (χ4n) is 2.45. The largest absolute Gasteiger partial charge is 0.103 e. The van der Waals surface area contributed by atoms with Crippen molar-refractivity contribution < 1.29 is 0 Å². The number of allylic oxidation sites excluding steroid dienone is 4. The van der Waals surface area contributed by atoms with E-state index in [9.17, 15) is 0 Å². The Labute approximate surface area is 116 Å². The zero-order valence-electron chi connectivity index (χ0n) is 12.3. The molecule has 0 nitrogen and oxygen atoms in total. The van der Waals surface area contributed by atoms with Gasteiger partial charge in [0.2, 0.25) is 0 Å². The van der Waals surface area contributed by atoms with Crippen LogP contribution in [0.3, 0.4) is 0 Å². The van der Waals surface area contributed by atoms with Gasteiger partial charge in [0.25, 0.3) is 0 Å². The third-order valence-corrected chi connectivity index (χ3v) is 8.15. The minimum atomic E-state index is 0.0712. The van der Waals surface area contributed by atoms with Gasteiger partial charge < -0.3 is 0 Å². The minimum absolute atomic E-state index is 0.0712. The van der Waals surface area contributed by atoms with E-state index in [1.165, 1.54) is 38.7 Å². The molecule has 0 fully saturated rings. The van der Waals surface area contributed by atoms with Crippen LogP contribution in [0.2, 0.25) is 0 Å². The van der Waals surface area contributed by atoms with E-state index in [2.05, 4.69) is 53.0 Å². The summed E-state index contributed by atoms with van der Waals surface area (Å²) in [5.74, 6) is 0. The summed E-state index contributed by atoms with van der Waals surface area (Å²) in [6, 6.07) is 0. The van der Waals surface area contributed by atoms with Crippen molar-refractivity contribution in [3.8, 4) is 0 Å². The molecule has 100 valence electrons. The molecule has 18 heavy (non-hydrogen) atoms. The summed E-state index contributed by atoms with van der Waals surface area (Å²) in [6.07, 6.45) is 9.17. The Hall–Kier alpha value is -0.180. The van der Waals surface area contributed by atoms with Crippen molar-refractivity contribution in [1.82, 2.24) is 0 Å². The second kappa shape index (κ2) is 6.83. The molecular formula is C16H26P2. The van der Waals surface area contributed by atoms with Gasteiger partial charge in [-0.05, 0) is 63.5 Å². The van der Waals surface area contributed by atoms with Gasteiger partial charge in [0.05, 0.1) is 0 Å². The molecule has 1 atom stereocenters. The molecule has 0 saturated carbocycles. The van der Waals surface area contributed by atoms with Gasteiger partial charge in [0.1, 0.15) is 0 Å². The van der Waals surface area contributed by atoms with Crippen LogP contribution < -0.4 is 0 Å². The second-order valence-electron chi connectivity index (χ2n) is 5.31. The quantitative estimate of drug-likeness (QED) is 0.428. The topological polar surface area (TPSA) is 0 Å². The average molecular weight is 280 g/mol. The number of rotatable bonds is 7. The molecule has 0 radical (unpaired) electrons. The Morgan fingerprint density at radius 2 is 1.72 bits per heavy atom. The molecule has 0 aromatic carbocycles. The Morgan fingerprint density at radius 1 is 1.17 bits per heavy atom. The first kappa shape index (κ1) is 15.9. The predicted octanol–water partition coefficient (Wildman–Crippen LogP) is 5.48. The smallest absolute Gasteiger partial charge is 0.0311 e. The van der Waals surface area contributed by atoms with Crippen LogP contribution in [0.25, 0.3) is 0 Å². The molecule has 1 aliphatic heterocycles. The molecule has 1 heterocycles. The molecule has 0 aliphatic carbocycles. The molecule has 0 bridgehead atoms. The lowest BCUT2D eigenvalue weighted by molar-refractivity contribution is 0.714. The molecule has 1 unspecified atom stereocenters. The highest BCUT2D eigenvalue weighted by atomic mass is 31.1. The number of hydrogen-bond donors (Lipinski definition) is 0. The van der Waals surface area contributed by atoms with E-state index in [-0.39, 0.29) is 7.92 Å². The van der Waals surface area contributed by atoms with Crippen molar-refractivity contribution in [2.75, 3.05) is 18.5 Å². The zero-order valence-corrected chi connectivity index (χ0v) is 14.1. The maximum atomic E-state index is 3.89. The Balaban J connectivity index is 2.68. The maximum Gasteiger partial charge on any atom is 0.0311 e. The summed E-state index contributed by atoms with van der Waals surface area (Å²) >= 11 is 0. The van der Waals surface area contributed by atoms with E-state index in [1.807, 2.05) is 0 Å². The van der Waals surface area contributed by atoms with Crippen LogP contribution in [-0.4, -0.2) is 28.9 Å². The van der Waals surface area contributed by atoms with Crippen LogP contribution in [0.15, 0.2) is 36.5 Å². The first-order valence-electron chi connectivity index (χ1n) is 6.63. The fraction of sp³-hybridized carbons (Fsp3) is 0.562. The molecule has 2 heteroatoms. The summed E-state index contributed by atoms with van der Waals surface area (Å²) in [6.45, 7) is 17.1. The van der Waals surface area contributed by atoms with E-state index in [0.717, 1.165) is 0 Å². The van der Waals surface area contributed by atoms with Crippen molar-refractivity contribution in [1.29, 1.82) is 0 Å². The van der Waals surface area contributed by atoms with Crippen LogP contribution >= 0.6 is 16.1 Å². The monoisotopic (exact) mass is 280 g/mol. The van der Waals surface area contributed by atoms with E-state index >= 15 is 0 Å². The van der Waals surface area contributed by atoms with Crippen LogP contribution in [0.5, 0.6) is 0 Å². The van der Waals surface area contributed by atoms with Gasteiger partial charge in [0.15, 0.2) is 0 Å². The van der Waals surface area contributed by atoms with Crippen LogP contribution in [0, 0.1) is 0 Å². The van der Waals surface area contributed by atoms with Gasteiger partial charge in [-0.25, -0.2) is 0 Å². The molecule has 0 aromatic rings. The summed E-state index contributed by atoms with van der Waals surface area (Å²) in [7, 11) is 1.60. The van der Waals surface area contributed by atoms with Crippen molar-refractivity contribution in [3.63, 3.8) is 0 Å². The Bertz CT molecular complexity index is 380. The fourth-order valence-corrected chi connectivity index (χ4v) is 6.27. The Morgan fingerprint density at radius 3 is 2.11 bits per heavy atom. The lowest BCUT2D eigenvalue weighted by Crippen LogP contribution is -2.19. The van der Waals surface area contributed by atoms with E-state index in [4.69, 9.17) is 0 Å². The van der Waals surface area contributed by atoms with Crippen molar-refractivity contribution in [3.05, 3.63) is 36.5 Å². The summed E-state index contributed by atoms with van der Waals surface area (Å²) in [5.41, 5.74) is 3.14. The molecular weight excluding hydrogens is 254 g/mol. The Kier molecular flexibility index (Phi) is 6.03. The average Bonchev–Trinajstić information content (AvgIpc) is 2.52. The molecule has 0 N–H and O–H groups in total. The molecule has 0 aromatic heterocycles. The summed E-state index contributed by atoms with van der Waals surface area (Å²) in [4.78, 5) is 0. The van der Waals surface area contributed by atoms with Crippen LogP contribution in [0.4, 0.5) is 0 Å². The second-order valence-corrected chi connectivity index (χ2v) is 9.71. The highest BCUT2D eigenvalue weighted by Crippen LogP contribution is 2.47. The SMILES string of the molecule is C=CCP(CC=C)CCC1(C)P=C(C)C(C)=C1C. The van der Waals surface area contributed by atoms with Gasteiger partial charge in [-0.2, -0.15) is 0 Å². The normalized spacial score (nSPS) is 24.4. The summed E-state index contributed by atoms with van der Waals surface area (Å²) < 4.78 is 0. The zero-order chi connectivity index (χ0) is 13.8. The lowest BCUT2D eigenvalue weighted by atomic mass is 9.94. The number of hydrogen-bond acceptors (Lipinski definition) is 0. The lowest BCUT2D eigenvalue weighted by Gasteiger charge is -2.26. The molecule has 0 saturated heterocycles. The van der Waals surface area contributed by atoms with Crippen LogP contribution in [-0.2, 0) is 0 Å². The van der Waals surface area contributed by atoms with Crippen molar-refractivity contribution >= 4 is 21.4 Å². The van der Waals surface area contributed by atoms with Crippen LogP contribution in [0.1, 0.15) is 34.1 Å². The van der Waals surface area contributed by atoms with Gasteiger partial charge in [-0.15, -0.1) is 13.2 Å². The van der Waals surface area contributed by atoms with Gasteiger partial charge in [-0.1, -0.05) is 33.9 Å². The third kappa shape index (κ3) is 3.66. The minimum Gasteiger partial charge on any atom is -0.103 e. The third-order valence-electron chi connectivity index (χ3n) is 4.02. The first-order chi connectivity index (χ1) is 8.44. The van der Waals surface area contributed by atoms with Gasteiger partial charge >= 0.3 is 0 Å². The molecule has 0 amide bonds. The van der Waals surface area contributed by atoms with E-state index in [1.54, 1.807) is 10.9 Å². The predicted molar refractivity (Wildman–Crippen MR) is 90.9 cm³/mol. The van der Waals surface area contributed by atoms with Crippen molar-refractivity contribution in [2.24, 2.45) is 0 Å². The van der Waals surface area contributed by atoms with Gasteiger partial charge in [0, 0.05) is 5.16 Å². The first-order valence-corrected chi connectivity index (χ1v) is 9.42. The van der Waals surface area contributed by atoms with Crippen molar-refractivity contribution in [2.45, 2.75) is 39.3 Å². The van der Waals surface area contributed by atoms with Gasteiger partial charge in [-0.3, -0.25) is 0 Å². The van der Waals surface area contributed by atoms with E-state index in [0.29, 0.717) is 5.16 Å². The highest BCUT2D eigenvalue weighted by Gasteiger charge is 2.31.